The van der Waals surface area contributed by atoms with Gasteiger partial charge in [-0.2, -0.15) is 0 Å². The molecule has 1 aromatic heterocycles. The predicted molar refractivity (Wildman–Crippen MR) is 105 cm³/mol. The summed E-state index contributed by atoms with van der Waals surface area (Å²) in [5, 5.41) is 2.98. The molecule has 130 valence electrons. The van der Waals surface area contributed by atoms with Crippen LogP contribution in [-0.4, -0.2) is 18.0 Å². The fraction of sp³-hybridized carbons (Fsp3) is 0.136. The van der Waals surface area contributed by atoms with E-state index in [2.05, 4.69) is 16.4 Å². The number of methoxy groups -OCH3 is 1. The van der Waals surface area contributed by atoms with Crippen molar-refractivity contribution in [3.8, 4) is 16.9 Å². The SMILES string of the molecule is COc1cccc(-c2ccc3c(c2)NC(=O)/C3=C\c2[nH]c(C)cc2C)c1. The van der Waals surface area contributed by atoms with E-state index in [1.807, 2.05) is 62.4 Å². The molecule has 2 heterocycles. The molecule has 4 rings (SSSR count). The number of hydrogen-bond donors (Lipinski definition) is 2. The number of rotatable bonds is 3. The second-order valence-electron chi connectivity index (χ2n) is 6.55. The third-order valence-corrected chi connectivity index (χ3v) is 4.68. The van der Waals surface area contributed by atoms with Gasteiger partial charge in [0.25, 0.3) is 5.91 Å². The Morgan fingerprint density at radius 3 is 2.54 bits per heavy atom. The first-order valence-electron chi connectivity index (χ1n) is 8.53. The lowest BCUT2D eigenvalue weighted by Gasteiger charge is -2.07. The van der Waals surface area contributed by atoms with Crippen LogP contribution >= 0.6 is 0 Å². The summed E-state index contributed by atoms with van der Waals surface area (Å²) in [5.41, 5.74) is 7.71. The van der Waals surface area contributed by atoms with Crippen LogP contribution in [0.15, 0.2) is 48.5 Å². The van der Waals surface area contributed by atoms with Crippen molar-refractivity contribution < 1.29 is 9.53 Å². The Balaban J connectivity index is 1.75. The van der Waals surface area contributed by atoms with Crippen molar-refractivity contribution >= 4 is 23.2 Å². The monoisotopic (exact) mass is 344 g/mol. The normalized spacial score (nSPS) is 14.4. The van der Waals surface area contributed by atoms with Crippen molar-refractivity contribution in [1.82, 2.24) is 4.98 Å². The average molecular weight is 344 g/mol. The van der Waals surface area contributed by atoms with Gasteiger partial charge in [-0.05, 0) is 60.9 Å². The number of ether oxygens (including phenoxy) is 1. The van der Waals surface area contributed by atoms with E-state index in [0.717, 1.165) is 45.1 Å². The first-order valence-corrected chi connectivity index (χ1v) is 8.53. The van der Waals surface area contributed by atoms with Gasteiger partial charge in [-0.25, -0.2) is 0 Å². The lowest BCUT2D eigenvalue weighted by molar-refractivity contribution is -0.110. The largest absolute Gasteiger partial charge is 0.497 e. The first kappa shape index (κ1) is 16.2. The highest BCUT2D eigenvalue weighted by atomic mass is 16.5. The molecule has 3 aromatic rings. The Morgan fingerprint density at radius 1 is 1.00 bits per heavy atom. The fourth-order valence-corrected chi connectivity index (χ4v) is 3.36. The number of H-pyrrole nitrogens is 1. The molecule has 0 bridgehead atoms. The average Bonchev–Trinajstić information content (AvgIpc) is 3.13. The van der Waals surface area contributed by atoms with Crippen LogP contribution in [0.2, 0.25) is 0 Å². The maximum atomic E-state index is 12.5. The van der Waals surface area contributed by atoms with E-state index in [-0.39, 0.29) is 5.91 Å². The molecular formula is C22H20N2O2. The fourth-order valence-electron chi connectivity index (χ4n) is 3.36. The van der Waals surface area contributed by atoms with E-state index in [1.165, 1.54) is 0 Å². The van der Waals surface area contributed by atoms with E-state index in [4.69, 9.17) is 4.74 Å². The van der Waals surface area contributed by atoms with Gasteiger partial charge in [-0.15, -0.1) is 0 Å². The van der Waals surface area contributed by atoms with Crippen LogP contribution in [-0.2, 0) is 4.79 Å². The van der Waals surface area contributed by atoms with Gasteiger partial charge in [0.05, 0.1) is 12.7 Å². The summed E-state index contributed by atoms with van der Waals surface area (Å²) in [7, 11) is 1.66. The summed E-state index contributed by atoms with van der Waals surface area (Å²) in [5.74, 6) is 0.736. The third-order valence-electron chi connectivity index (χ3n) is 4.68. The number of aromatic nitrogens is 1. The number of hydrogen-bond acceptors (Lipinski definition) is 2. The number of carbonyl (C=O) groups excluding carboxylic acids is 1. The van der Waals surface area contributed by atoms with E-state index in [0.29, 0.717) is 5.57 Å². The van der Waals surface area contributed by atoms with Crippen LogP contribution < -0.4 is 10.1 Å². The van der Waals surface area contributed by atoms with Gasteiger partial charge in [-0.1, -0.05) is 24.3 Å². The van der Waals surface area contributed by atoms with Crippen molar-refractivity contribution in [3.63, 3.8) is 0 Å². The smallest absolute Gasteiger partial charge is 0.256 e. The molecule has 4 heteroatoms. The van der Waals surface area contributed by atoms with Crippen molar-refractivity contribution in [1.29, 1.82) is 0 Å². The quantitative estimate of drug-likeness (QED) is 0.671. The molecule has 0 saturated carbocycles. The number of anilines is 1. The van der Waals surface area contributed by atoms with Crippen LogP contribution in [0, 0.1) is 13.8 Å². The van der Waals surface area contributed by atoms with Crippen molar-refractivity contribution in [2.24, 2.45) is 0 Å². The summed E-state index contributed by atoms with van der Waals surface area (Å²) in [6.45, 7) is 4.05. The number of benzene rings is 2. The highest BCUT2D eigenvalue weighted by Gasteiger charge is 2.24. The molecule has 2 aromatic carbocycles. The molecule has 0 radical (unpaired) electrons. The number of nitrogens with one attached hydrogen (secondary N) is 2. The number of aromatic amines is 1. The number of fused-ring (bicyclic) bond motifs is 1. The molecule has 1 aliphatic heterocycles. The van der Waals surface area contributed by atoms with Gasteiger partial charge in [0.15, 0.2) is 0 Å². The lowest BCUT2D eigenvalue weighted by atomic mass is 9.99. The van der Waals surface area contributed by atoms with Gasteiger partial charge in [0.1, 0.15) is 5.75 Å². The lowest BCUT2D eigenvalue weighted by Crippen LogP contribution is -2.03. The first-order chi connectivity index (χ1) is 12.5. The van der Waals surface area contributed by atoms with Crippen LogP contribution in [0.3, 0.4) is 0 Å². The van der Waals surface area contributed by atoms with Gasteiger partial charge < -0.3 is 15.0 Å². The third kappa shape index (κ3) is 2.80. The maximum absolute atomic E-state index is 12.5. The van der Waals surface area contributed by atoms with Gasteiger partial charge in [0.2, 0.25) is 0 Å². The summed E-state index contributed by atoms with van der Waals surface area (Å²) in [6.07, 6.45) is 1.93. The second kappa shape index (κ2) is 6.23. The molecule has 0 aliphatic carbocycles. The Hall–Kier alpha value is -3.27. The van der Waals surface area contributed by atoms with Crippen LogP contribution in [0.25, 0.3) is 22.8 Å². The van der Waals surface area contributed by atoms with Crippen molar-refractivity contribution in [3.05, 3.63) is 71.0 Å². The van der Waals surface area contributed by atoms with Crippen molar-refractivity contribution in [2.75, 3.05) is 12.4 Å². The molecule has 0 saturated heterocycles. The minimum absolute atomic E-state index is 0.0746. The summed E-state index contributed by atoms with van der Waals surface area (Å²) in [4.78, 5) is 15.8. The summed E-state index contributed by atoms with van der Waals surface area (Å²) < 4.78 is 5.30. The molecule has 0 spiro atoms. The summed E-state index contributed by atoms with van der Waals surface area (Å²) >= 11 is 0. The molecule has 1 aliphatic rings. The molecule has 1 amide bonds. The van der Waals surface area contributed by atoms with Crippen LogP contribution in [0.5, 0.6) is 5.75 Å². The van der Waals surface area contributed by atoms with Gasteiger partial charge in [-0.3, -0.25) is 4.79 Å². The predicted octanol–water partition coefficient (Wildman–Crippen LogP) is 4.80. The van der Waals surface area contributed by atoms with E-state index >= 15 is 0 Å². The van der Waals surface area contributed by atoms with Gasteiger partial charge >= 0.3 is 0 Å². The second-order valence-corrected chi connectivity index (χ2v) is 6.55. The summed E-state index contributed by atoms with van der Waals surface area (Å²) in [6, 6.07) is 16.0. The Labute approximate surface area is 152 Å². The minimum atomic E-state index is -0.0746. The van der Waals surface area contributed by atoms with E-state index in [1.54, 1.807) is 7.11 Å². The van der Waals surface area contributed by atoms with Gasteiger partial charge in [0, 0.05) is 22.6 Å². The molecule has 2 N–H and O–H groups in total. The zero-order chi connectivity index (χ0) is 18.3. The number of aryl methyl sites for hydroxylation is 2. The standard InChI is InChI=1S/C22H20N2O2/c1-13-9-14(2)23-20(13)12-19-18-8-7-16(11-21(18)24-22(19)25)15-5-4-6-17(10-15)26-3/h4-12,23H,1-3H3,(H,24,25)/b19-12-. The number of amides is 1. The molecular weight excluding hydrogens is 324 g/mol. The van der Waals surface area contributed by atoms with Crippen molar-refractivity contribution in [2.45, 2.75) is 13.8 Å². The number of carbonyl (C=O) groups is 1. The van der Waals surface area contributed by atoms with Crippen LogP contribution in [0.1, 0.15) is 22.5 Å². The van der Waals surface area contributed by atoms with Crippen LogP contribution in [0.4, 0.5) is 5.69 Å². The molecule has 0 fully saturated rings. The maximum Gasteiger partial charge on any atom is 0.256 e. The molecule has 4 nitrogen and oxygen atoms in total. The van der Waals surface area contributed by atoms with E-state index < -0.39 is 0 Å². The molecule has 0 unspecified atom stereocenters. The molecule has 0 atom stereocenters. The highest BCUT2D eigenvalue weighted by molar-refractivity contribution is 6.35. The van der Waals surface area contributed by atoms with E-state index in [9.17, 15) is 4.79 Å². The molecule has 26 heavy (non-hydrogen) atoms. The topological polar surface area (TPSA) is 54.1 Å². The highest BCUT2D eigenvalue weighted by Crippen LogP contribution is 2.37. The zero-order valence-electron chi connectivity index (χ0n) is 15.0. The zero-order valence-corrected chi connectivity index (χ0v) is 15.0. The Kier molecular flexibility index (Phi) is 3.88. The Morgan fingerprint density at radius 2 is 1.81 bits per heavy atom. The Bertz CT molecular complexity index is 1040. The minimum Gasteiger partial charge on any atom is -0.497 e.